The number of hydrogen-bond acceptors (Lipinski definition) is 12. The van der Waals surface area contributed by atoms with E-state index in [-0.39, 0.29) is 24.4 Å². The second-order valence-electron chi connectivity index (χ2n) is 30.2. The molecule has 0 saturated carbocycles. The van der Waals surface area contributed by atoms with Crippen molar-refractivity contribution in [1.29, 1.82) is 0 Å². The number of unbranched alkanes of at least 4 members (excludes halogenated alkanes) is 8. The summed E-state index contributed by atoms with van der Waals surface area (Å²) < 4.78 is 23.6. The van der Waals surface area contributed by atoms with Crippen LogP contribution in [-0.4, -0.2) is 191 Å². The van der Waals surface area contributed by atoms with E-state index in [2.05, 4.69) is 68.1 Å². The first-order valence-corrected chi connectivity index (χ1v) is 36.2. The summed E-state index contributed by atoms with van der Waals surface area (Å²) in [5.74, 6) is 0. The van der Waals surface area contributed by atoms with E-state index in [0.717, 1.165) is 197 Å². The summed E-state index contributed by atoms with van der Waals surface area (Å²) in [5, 5.41) is 0. The highest BCUT2D eigenvalue weighted by molar-refractivity contribution is 5.69. The summed E-state index contributed by atoms with van der Waals surface area (Å²) in [4.78, 5) is 72.5. The lowest BCUT2D eigenvalue weighted by Crippen LogP contribution is -2.39. The van der Waals surface area contributed by atoms with Gasteiger partial charge in [0.2, 0.25) is 0 Å². The Morgan fingerprint density at radius 2 is 0.474 bits per heavy atom. The van der Waals surface area contributed by atoms with Crippen LogP contribution in [0.15, 0.2) is 121 Å². The molecule has 95 heavy (non-hydrogen) atoms. The average Bonchev–Trinajstić information content (AvgIpc) is 1.27. The van der Waals surface area contributed by atoms with Gasteiger partial charge < -0.3 is 58.1 Å². The van der Waals surface area contributed by atoms with Gasteiger partial charge in [0, 0.05) is 65.4 Å². The Morgan fingerprint density at radius 3 is 0.663 bits per heavy atom. The molecule has 0 N–H and O–H groups in total. The van der Waals surface area contributed by atoms with Gasteiger partial charge in [-0.15, -0.1) is 0 Å². The van der Waals surface area contributed by atoms with Crippen molar-refractivity contribution in [1.82, 2.24) is 39.2 Å². The first-order valence-electron chi connectivity index (χ1n) is 36.2. The van der Waals surface area contributed by atoms with Crippen molar-refractivity contribution in [2.75, 3.05) is 105 Å². The van der Waals surface area contributed by atoms with E-state index in [1.165, 1.54) is 0 Å². The average molecular weight is 1320 g/mol. The van der Waals surface area contributed by atoms with Crippen LogP contribution in [0.5, 0.6) is 0 Å². The Kier molecular flexibility index (Phi) is 35.5. The van der Waals surface area contributed by atoms with Gasteiger partial charge in [-0.3, -0.25) is 0 Å². The molecular formula is C79H126N8O8. The molecule has 0 spiro atoms. The molecular weight excluding hydrogens is 1190 g/mol. The van der Waals surface area contributed by atoms with Gasteiger partial charge in [0.15, 0.2) is 0 Å². The predicted molar refractivity (Wildman–Crippen MR) is 387 cm³/mol. The normalized spacial score (nSPS) is 14.9. The Balaban J connectivity index is 1.30. The lowest BCUT2D eigenvalue weighted by atomic mass is 10.1. The second kappa shape index (κ2) is 42.5. The van der Waals surface area contributed by atoms with Gasteiger partial charge in [0.1, 0.15) is 22.4 Å². The summed E-state index contributed by atoms with van der Waals surface area (Å²) in [6.45, 7) is 39.9. The van der Waals surface area contributed by atoms with Gasteiger partial charge in [0.25, 0.3) is 0 Å². The molecule has 5 rings (SSSR count). The highest BCUT2D eigenvalue weighted by Crippen LogP contribution is 2.21. The van der Waals surface area contributed by atoms with Crippen LogP contribution in [0, 0.1) is 0 Å². The molecule has 1 aliphatic heterocycles. The fourth-order valence-corrected chi connectivity index (χ4v) is 11.9. The van der Waals surface area contributed by atoms with Crippen LogP contribution >= 0.6 is 0 Å². The fourth-order valence-electron chi connectivity index (χ4n) is 11.9. The van der Waals surface area contributed by atoms with E-state index in [9.17, 15) is 19.2 Å². The molecule has 0 aromatic heterocycles. The largest absolute Gasteiger partial charge is 0.444 e. The van der Waals surface area contributed by atoms with Gasteiger partial charge in [-0.25, -0.2) is 19.2 Å². The summed E-state index contributed by atoms with van der Waals surface area (Å²) in [6, 6.07) is 40.8. The zero-order chi connectivity index (χ0) is 69.0. The number of carbonyl (C=O) groups is 4. The van der Waals surface area contributed by atoms with E-state index in [4.69, 9.17) is 18.9 Å². The maximum absolute atomic E-state index is 13.6. The molecule has 1 saturated heterocycles. The van der Waals surface area contributed by atoms with Crippen molar-refractivity contribution >= 4 is 24.4 Å². The Labute approximate surface area is 575 Å². The molecule has 0 bridgehead atoms. The molecule has 0 atom stereocenters. The third kappa shape index (κ3) is 36.6. The Hall–Kier alpha value is -6.20. The number of rotatable bonds is 32. The van der Waals surface area contributed by atoms with Crippen molar-refractivity contribution in [3.05, 3.63) is 144 Å². The zero-order valence-electron chi connectivity index (χ0n) is 61.1. The third-order valence-electron chi connectivity index (χ3n) is 16.7. The lowest BCUT2D eigenvalue weighted by Gasteiger charge is -2.30. The van der Waals surface area contributed by atoms with Gasteiger partial charge in [0.05, 0.1) is 0 Å². The summed E-state index contributed by atoms with van der Waals surface area (Å²) in [7, 11) is 0. The first kappa shape index (κ1) is 79.5. The summed E-state index contributed by atoms with van der Waals surface area (Å²) >= 11 is 0. The van der Waals surface area contributed by atoms with E-state index in [0.29, 0.717) is 52.4 Å². The van der Waals surface area contributed by atoms with Gasteiger partial charge in [-0.05, 0) is 241 Å². The molecule has 0 radical (unpaired) electrons. The molecule has 16 nitrogen and oxygen atoms in total. The summed E-state index contributed by atoms with van der Waals surface area (Å²) in [6.07, 6.45) is 14.0. The monoisotopic (exact) mass is 1310 g/mol. The van der Waals surface area contributed by atoms with Crippen molar-refractivity contribution in [3.8, 4) is 0 Å². The molecule has 530 valence electrons. The fraction of sp³-hybridized carbons (Fsp3) is 0.646. The van der Waals surface area contributed by atoms with Crippen LogP contribution in [-0.2, 0) is 45.1 Å². The molecule has 1 heterocycles. The van der Waals surface area contributed by atoms with Crippen LogP contribution in [0.1, 0.15) is 202 Å². The molecule has 0 aliphatic carbocycles. The van der Waals surface area contributed by atoms with Crippen molar-refractivity contribution < 1.29 is 38.1 Å². The highest BCUT2D eigenvalue weighted by atomic mass is 16.6. The van der Waals surface area contributed by atoms with Crippen LogP contribution in [0.2, 0.25) is 0 Å². The van der Waals surface area contributed by atoms with E-state index in [1.807, 2.05) is 175 Å². The number of ether oxygens (including phenoxy) is 4. The number of hydrogen-bond donors (Lipinski definition) is 0. The van der Waals surface area contributed by atoms with Crippen LogP contribution < -0.4 is 0 Å². The van der Waals surface area contributed by atoms with Gasteiger partial charge >= 0.3 is 24.4 Å². The minimum absolute atomic E-state index is 0.265. The minimum atomic E-state index is -0.578. The molecule has 1 fully saturated rings. The number of amides is 4. The Bertz CT molecular complexity index is 2530. The van der Waals surface area contributed by atoms with Crippen LogP contribution in [0.3, 0.4) is 0 Å². The molecule has 4 aromatic carbocycles. The first-order chi connectivity index (χ1) is 45.3. The van der Waals surface area contributed by atoms with Crippen molar-refractivity contribution in [2.24, 2.45) is 0 Å². The number of benzene rings is 4. The molecule has 1 aliphatic rings. The Morgan fingerprint density at radius 1 is 0.284 bits per heavy atom. The van der Waals surface area contributed by atoms with Crippen LogP contribution in [0.4, 0.5) is 19.2 Å². The summed E-state index contributed by atoms with van der Waals surface area (Å²) in [5.41, 5.74) is 2.08. The molecule has 0 unspecified atom stereocenters. The SMILES string of the molecule is CC(C)(C)OC(=O)N(CCCCCN1CCCN(CCCCCN(Cc2ccccc2)C(=O)OC(C)(C)C)CCCN(CCCCCN(Cc2ccccc2)C(=O)OC(C)(C)C)CCN(CCCCCN(Cc2ccccc2)C(=O)OC(C)(C)C)CCC1)Cc1ccccc1. The van der Waals surface area contributed by atoms with Crippen LogP contribution in [0.25, 0.3) is 0 Å². The zero-order valence-corrected chi connectivity index (χ0v) is 61.1. The third-order valence-corrected chi connectivity index (χ3v) is 16.7. The maximum Gasteiger partial charge on any atom is 0.410 e. The maximum atomic E-state index is 13.6. The van der Waals surface area contributed by atoms with E-state index >= 15 is 0 Å². The second-order valence-corrected chi connectivity index (χ2v) is 30.2. The predicted octanol–water partition coefficient (Wildman–Crippen LogP) is 16.8. The van der Waals surface area contributed by atoms with E-state index in [1.54, 1.807) is 0 Å². The number of nitrogens with zero attached hydrogens (tertiary/aromatic N) is 8. The topological polar surface area (TPSA) is 131 Å². The van der Waals surface area contributed by atoms with Crippen molar-refractivity contribution in [2.45, 2.75) is 228 Å². The standard InChI is InChI=1S/C79H126N8O8/c1-76(2,3)92-72(88)84(64-68-40-21-13-22-41-68)58-33-17-29-48-80-52-37-53-81(49-30-18-34-59-85(73(89)93-77(4,5)6)65-69-42-23-14-24-43-69)55-39-57-83(51-32-20-36-61-87(75(91)95-79(10,11)12)67-71-46-27-16-28-47-71)63-62-82(56-38-54-80)50-31-19-35-60-86(74(90)94-78(7,8)9)66-70-44-25-15-26-45-70/h13-16,21-28,40-47H,17-20,29-39,48-67H2,1-12H3. The molecule has 16 heteroatoms. The number of carbonyl (C=O) groups excluding carboxylic acids is 4. The molecule has 4 amide bonds. The highest BCUT2D eigenvalue weighted by Gasteiger charge is 2.27. The van der Waals surface area contributed by atoms with E-state index < -0.39 is 22.4 Å². The lowest BCUT2D eigenvalue weighted by molar-refractivity contribution is 0.0219. The smallest absolute Gasteiger partial charge is 0.410 e. The van der Waals surface area contributed by atoms with Gasteiger partial charge in [-0.1, -0.05) is 147 Å². The van der Waals surface area contributed by atoms with Gasteiger partial charge in [-0.2, -0.15) is 0 Å². The minimum Gasteiger partial charge on any atom is -0.444 e. The van der Waals surface area contributed by atoms with Crippen molar-refractivity contribution in [3.63, 3.8) is 0 Å². The molecule has 4 aromatic rings. The quantitative estimate of drug-likeness (QED) is 0.0341.